The molecule has 0 aliphatic carbocycles. The third-order valence-electron chi connectivity index (χ3n) is 8.30. The number of phenols is 2. The highest BCUT2D eigenvalue weighted by atomic mass is 32.2. The van der Waals surface area contributed by atoms with Crippen molar-refractivity contribution < 1.29 is 54.4 Å². The van der Waals surface area contributed by atoms with E-state index in [0.29, 0.717) is 23.0 Å². The Labute approximate surface area is 330 Å². The normalized spacial score (nSPS) is 11.9. The van der Waals surface area contributed by atoms with Gasteiger partial charge in [0.1, 0.15) is 58.4 Å². The molecule has 0 aromatic heterocycles. The van der Waals surface area contributed by atoms with Gasteiger partial charge in [0.2, 0.25) is 29.5 Å². The number of benzene rings is 6. The van der Waals surface area contributed by atoms with E-state index in [9.17, 15) is 35.5 Å². The van der Waals surface area contributed by atoms with E-state index in [1.807, 2.05) is 0 Å². The van der Waals surface area contributed by atoms with Gasteiger partial charge in [0, 0.05) is 6.07 Å². The first kappa shape index (κ1) is 40.4. The Morgan fingerprint density at radius 1 is 0.439 bits per heavy atom. The number of rotatable bonds is 16. The molecule has 0 saturated carbocycles. The third kappa shape index (κ3) is 9.57. The summed E-state index contributed by atoms with van der Waals surface area (Å²) in [5.41, 5.74) is 0. The Kier molecular flexibility index (Phi) is 12.2. The summed E-state index contributed by atoms with van der Waals surface area (Å²) < 4.78 is 102. The van der Waals surface area contributed by atoms with Crippen LogP contribution in [0, 0.1) is 0 Å². The van der Waals surface area contributed by atoms with E-state index in [0.717, 1.165) is 0 Å². The molecular formula is C42H36O12S3. The van der Waals surface area contributed by atoms with Crippen LogP contribution in [0.25, 0.3) is 0 Å². The highest BCUT2D eigenvalue weighted by Gasteiger charge is 2.24. The Morgan fingerprint density at radius 3 is 1.21 bits per heavy atom. The molecular weight excluding hydrogens is 793 g/mol. The molecule has 0 fully saturated rings. The molecule has 6 rings (SSSR count). The highest BCUT2D eigenvalue weighted by molar-refractivity contribution is 7.92. The first-order chi connectivity index (χ1) is 27.3. The van der Waals surface area contributed by atoms with E-state index >= 15 is 0 Å². The van der Waals surface area contributed by atoms with Gasteiger partial charge in [0.15, 0.2) is 0 Å². The van der Waals surface area contributed by atoms with Crippen molar-refractivity contribution in [2.75, 3.05) is 19.8 Å². The third-order valence-corrected chi connectivity index (χ3v) is 13.7. The first-order valence-electron chi connectivity index (χ1n) is 17.3. The lowest BCUT2D eigenvalue weighted by Gasteiger charge is -2.14. The molecule has 0 aliphatic heterocycles. The molecule has 0 radical (unpaired) electrons. The molecule has 57 heavy (non-hydrogen) atoms. The molecule has 294 valence electrons. The molecule has 0 amide bonds. The van der Waals surface area contributed by atoms with Crippen LogP contribution in [0.15, 0.2) is 181 Å². The summed E-state index contributed by atoms with van der Waals surface area (Å²) in [7, 11) is -11.6. The number of aromatic hydroxyl groups is 2. The second-order valence-corrected chi connectivity index (χ2v) is 18.0. The van der Waals surface area contributed by atoms with Crippen molar-refractivity contribution >= 4 is 29.5 Å². The van der Waals surface area contributed by atoms with Gasteiger partial charge >= 0.3 is 0 Å². The van der Waals surface area contributed by atoms with E-state index in [2.05, 4.69) is 0 Å². The average molecular weight is 829 g/mol. The van der Waals surface area contributed by atoms with Gasteiger partial charge < -0.3 is 29.2 Å². The van der Waals surface area contributed by atoms with Crippen molar-refractivity contribution in [3.05, 3.63) is 152 Å². The van der Waals surface area contributed by atoms with E-state index in [1.165, 1.54) is 127 Å². The summed E-state index contributed by atoms with van der Waals surface area (Å²) in [4.78, 5) is 0.161. The van der Waals surface area contributed by atoms with Crippen LogP contribution in [-0.4, -0.2) is 55.3 Å². The maximum absolute atomic E-state index is 13.7. The van der Waals surface area contributed by atoms with Crippen LogP contribution in [0.3, 0.4) is 0 Å². The zero-order valence-corrected chi connectivity index (χ0v) is 32.7. The Morgan fingerprint density at radius 2 is 0.789 bits per heavy atom. The summed E-state index contributed by atoms with van der Waals surface area (Å²) in [6, 6.07) is 32.4. The summed E-state index contributed by atoms with van der Waals surface area (Å²) in [5.74, 6) is 1.52. The predicted octanol–water partition coefficient (Wildman–Crippen LogP) is 7.80. The monoisotopic (exact) mass is 828 g/mol. The van der Waals surface area contributed by atoms with Gasteiger partial charge in [-0.25, -0.2) is 25.3 Å². The minimum Gasteiger partial charge on any atom is -0.508 e. The molecule has 2 N–H and O–H groups in total. The fourth-order valence-electron chi connectivity index (χ4n) is 5.37. The predicted molar refractivity (Wildman–Crippen MR) is 210 cm³/mol. The van der Waals surface area contributed by atoms with Crippen molar-refractivity contribution in [1.82, 2.24) is 0 Å². The molecule has 0 unspecified atom stereocenters. The summed E-state index contributed by atoms with van der Waals surface area (Å²) in [6.07, 6.45) is 3.43. The molecule has 0 saturated heterocycles. The van der Waals surface area contributed by atoms with Gasteiger partial charge in [-0.15, -0.1) is 0 Å². The number of phenolic OH excluding ortho intramolecular Hbond substituents is 2. The molecule has 0 atom stereocenters. The number of hydrogen-bond acceptors (Lipinski definition) is 12. The van der Waals surface area contributed by atoms with Gasteiger partial charge in [-0.3, -0.25) is 0 Å². The fourth-order valence-corrected chi connectivity index (χ4v) is 9.27. The summed E-state index contributed by atoms with van der Waals surface area (Å²) >= 11 is 0. The quantitative estimate of drug-likeness (QED) is 0.0906. The van der Waals surface area contributed by atoms with Crippen molar-refractivity contribution in [2.24, 2.45) is 0 Å². The molecule has 0 aliphatic rings. The van der Waals surface area contributed by atoms with Crippen LogP contribution in [0.1, 0.15) is 6.92 Å². The lowest BCUT2D eigenvalue weighted by Crippen LogP contribution is -2.06. The number of ether oxygens (including phenoxy) is 4. The zero-order valence-electron chi connectivity index (χ0n) is 30.3. The zero-order chi connectivity index (χ0) is 40.6. The number of sulfone groups is 3. The molecule has 0 bridgehead atoms. The van der Waals surface area contributed by atoms with Crippen LogP contribution in [0.5, 0.6) is 40.2 Å². The molecule has 6 aromatic rings. The van der Waals surface area contributed by atoms with Gasteiger partial charge in [-0.05, 0) is 153 Å². The molecule has 0 heterocycles. The average Bonchev–Trinajstić information content (AvgIpc) is 3.20. The van der Waals surface area contributed by atoms with E-state index in [4.69, 9.17) is 18.9 Å². The Hall–Kier alpha value is -6.29. The highest BCUT2D eigenvalue weighted by Crippen LogP contribution is 2.34. The largest absolute Gasteiger partial charge is 0.508 e. The van der Waals surface area contributed by atoms with Crippen LogP contribution in [-0.2, 0) is 29.5 Å². The van der Waals surface area contributed by atoms with Crippen LogP contribution in [0.2, 0.25) is 0 Å². The Balaban J connectivity index is 1.03. The fraction of sp³-hybridized carbons (Fsp3) is 0.0952. The standard InChI is InChI=1S/C42H36O12S3/c1-2-51-41-29-35(53-28-4-3-27-52-32-9-20-38(21-10-32)55(45,46)36-16-5-30(43)6-17-36)15-26-42(41)57(49,50)40-24-13-34(14-25-40)54-33-11-22-39(23-12-33)56(47,48)37-18-7-31(44)8-19-37/h3-26,29,43-44H,2,27-28H2,1H3. The van der Waals surface area contributed by atoms with Gasteiger partial charge in [0.05, 0.1) is 31.1 Å². The maximum atomic E-state index is 13.7. The van der Waals surface area contributed by atoms with E-state index in [1.54, 1.807) is 31.2 Å². The topological polar surface area (TPSA) is 180 Å². The van der Waals surface area contributed by atoms with Crippen LogP contribution in [0.4, 0.5) is 0 Å². The van der Waals surface area contributed by atoms with Crippen molar-refractivity contribution in [3.8, 4) is 40.2 Å². The van der Waals surface area contributed by atoms with E-state index in [-0.39, 0.29) is 66.4 Å². The smallest absolute Gasteiger partial charge is 0.210 e. The van der Waals surface area contributed by atoms with Gasteiger partial charge in [-0.1, -0.05) is 0 Å². The second-order valence-electron chi connectivity index (χ2n) is 12.1. The SMILES string of the molecule is CCOc1cc(OCC=CCOc2ccc(S(=O)(=O)c3ccc(O)cc3)cc2)ccc1S(=O)(=O)c1ccc(Oc2ccc(S(=O)(=O)c3ccc(O)cc3)cc2)cc1. The lowest BCUT2D eigenvalue weighted by molar-refractivity contribution is 0.322. The van der Waals surface area contributed by atoms with Crippen molar-refractivity contribution in [2.45, 2.75) is 36.3 Å². The summed E-state index contributed by atoms with van der Waals surface area (Å²) in [5, 5.41) is 18.9. The van der Waals surface area contributed by atoms with Gasteiger partial charge in [0.25, 0.3) is 0 Å². The van der Waals surface area contributed by atoms with Crippen LogP contribution < -0.4 is 18.9 Å². The lowest BCUT2D eigenvalue weighted by atomic mass is 10.3. The second kappa shape index (κ2) is 17.2. The Bertz CT molecular complexity index is 2680. The van der Waals surface area contributed by atoms with Crippen molar-refractivity contribution in [1.29, 1.82) is 0 Å². The minimum atomic E-state index is -4.03. The first-order valence-corrected chi connectivity index (χ1v) is 21.7. The maximum Gasteiger partial charge on any atom is 0.210 e. The summed E-state index contributed by atoms with van der Waals surface area (Å²) in [6.45, 7) is 2.26. The van der Waals surface area contributed by atoms with Crippen LogP contribution >= 0.6 is 0 Å². The minimum absolute atomic E-state index is 0.00338. The number of hydrogen-bond donors (Lipinski definition) is 2. The molecule has 0 spiro atoms. The van der Waals surface area contributed by atoms with Crippen molar-refractivity contribution in [3.63, 3.8) is 0 Å². The van der Waals surface area contributed by atoms with Gasteiger partial charge in [-0.2, -0.15) is 0 Å². The molecule has 12 nitrogen and oxygen atoms in total. The van der Waals surface area contributed by atoms with E-state index < -0.39 is 29.5 Å². The molecule has 15 heteroatoms. The molecule has 6 aromatic carbocycles.